The topological polar surface area (TPSA) is 92.8 Å². The Morgan fingerprint density at radius 2 is 2.36 bits per heavy atom. The summed E-state index contributed by atoms with van der Waals surface area (Å²) in [5.74, 6) is 0.0565. The molecule has 0 amide bonds. The van der Waals surface area contributed by atoms with Crippen LogP contribution >= 0.6 is 12.0 Å². The maximum Gasteiger partial charge on any atom is 0.645 e. The van der Waals surface area contributed by atoms with E-state index in [1.807, 2.05) is 0 Å². The molecule has 0 saturated carbocycles. The number of hydrogen-bond donors (Lipinski definition) is 3. The van der Waals surface area contributed by atoms with Gasteiger partial charge in [0, 0.05) is 5.75 Å². The summed E-state index contributed by atoms with van der Waals surface area (Å²) in [5, 5.41) is 16.4. The number of rotatable bonds is 5. The Morgan fingerprint density at radius 1 is 1.82 bits per heavy atom. The van der Waals surface area contributed by atoms with Gasteiger partial charge in [-0.15, -0.1) is 0 Å². The molecule has 0 aromatic carbocycles. The SMILES string of the molecule is CC(=O)[C@@H](N)CSOB(O)O. The molecule has 0 rings (SSSR count). The van der Waals surface area contributed by atoms with Crippen LogP contribution in [-0.2, 0) is 8.90 Å². The van der Waals surface area contributed by atoms with E-state index in [0.29, 0.717) is 0 Å². The lowest BCUT2D eigenvalue weighted by Gasteiger charge is -2.05. The average molecular weight is 179 g/mol. The van der Waals surface area contributed by atoms with Crippen molar-refractivity contribution in [3.8, 4) is 0 Å². The normalized spacial score (nSPS) is 12.7. The minimum atomic E-state index is -1.82. The molecule has 0 aliphatic rings. The first-order chi connectivity index (χ1) is 5.04. The molecule has 11 heavy (non-hydrogen) atoms. The van der Waals surface area contributed by atoms with Gasteiger partial charge >= 0.3 is 7.32 Å². The molecule has 64 valence electrons. The van der Waals surface area contributed by atoms with Crippen LogP contribution in [-0.4, -0.2) is 34.9 Å². The average Bonchev–Trinajstić information content (AvgIpc) is 1.86. The zero-order valence-corrected chi connectivity index (χ0v) is 6.87. The Morgan fingerprint density at radius 3 is 2.73 bits per heavy atom. The van der Waals surface area contributed by atoms with Crippen molar-refractivity contribution >= 4 is 25.1 Å². The van der Waals surface area contributed by atoms with Crippen molar-refractivity contribution in [1.29, 1.82) is 0 Å². The van der Waals surface area contributed by atoms with Gasteiger partial charge in [0.15, 0.2) is 0 Å². The van der Waals surface area contributed by atoms with Crippen molar-refractivity contribution in [3.05, 3.63) is 0 Å². The smallest absolute Gasteiger partial charge is 0.401 e. The third-order valence-electron chi connectivity index (χ3n) is 0.924. The second kappa shape index (κ2) is 5.56. The molecule has 4 N–H and O–H groups in total. The summed E-state index contributed by atoms with van der Waals surface area (Å²) < 4.78 is 4.26. The predicted molar refractivity (Wildman–Crippen MR) is 42.4 cm³/mol. The van der Waals surface area contributed by atoms with Crippen LogP contribution in [0, 0.1) is 0 Å². The lowest BCUT2D eigenvalue weighted by molar-refractivity contribution is -0.117. The van der Waals surface area contributed by atoms with E-state index >= 15 is 0 Å². The molecule has 0 heterocycles. The highest BCUT2D eigenvalue weighted by Gasteiger charge is 2.12. The summed E-state index contributed by atoms with van der Waals surface area (Å²) in [6.45, 7) is 1.36. The van der Waals surface area contributed by atoms with Crippen LogP contribution in [0.3, 0.4) is 0 Å². The van der Waals surface area contributed by atoms with Gasteiger partial charge in [-0.1, -0.05) is 0 Å². The van der Waals surface area contributed by atoms with Crippen LogP contribution in [0.25, 0.3) is 0 Å². The van der Waals surface area contributed by atoms with E-state index in [1.54, 1.807) is 0 Å². The fraction of sp³-hybridized carbons (Fsp3) is 0.750. The predicted octanol–water partition coefficient (Wildman–Crippen LogP) is -1.46. The molecule has 5 nitrogen and oxygen atoms in total. The molecule has 0 aromatic rings. The monoisotopic (exact) mass is 179 g/mol. The third kappa shape index (κ3) is 6.33. The molecule has 0 fully saturated rings. The number of carbonyl (C=O) groups excluding carboxylic acids is 1. The Hall–Kier alpha value is -0.0751. The largest absolute Gasteiger partial charge is 0.645 e. The highest BCUT2D eigenvalue weighted by atomic mass is 32.2. The molecule has 0 saturated heterocycles. The molecule has 0 aromatic heterocycles. The lowest BCUT2D eigenvalue weighted by atomic mass is 10.3. The first-order valence-electron chi connectivity index (χ1n) is 2.94. The zero-order valence-electron chi connectivity index (χ0n) is 6.06. The molecule has 0 aliphatic carbocycles. The van der Waals surface area contributed by atoms with E-state index < -0.39 is 13.4 Å². The summed E-state index contributed by atoms with van der Waals surface area (Å²) in [5.41, 5.74) is 5.29. The van der Waals surface area contributed by atoms with Crippen LogP contribution in [0.2, 0.25) is 0 Å². The molecule has 0 unspecified atom stereocenters. The van der Waals surface area contributed by atoms with Crippen molar-refractivity contribution in [3.63, 3.8) is 0 Å². The second-order valence-electron chi connectivity index (χ2n) is 1.92. The molecule has 0 aliphatic heterocycles. The van der Waals surface area contributed by atoms with E-state index in [2.05, 4.69) is 4.10 Å². The van der Waals surface area contributed by atoms with Gasteiger partial charge in [0.2, 0.25) is 0 Å². The van der Waals surface area contributed by atoms with Crippen LogP contribution in [0.1, 0.15) is 6.92 Å². The first-order valence-corrected chi connectivity index (χ1v) is 3.85. The molecular formula is C4H10BNO4S. The highest BCUT2D eigenvalue weighted by Crippen LogP contribution is 2.04. The van der Waals surface area contributed by atoms with Gasteiger partial charge in [0.25, 0.3) is 0 Å². The van der Waals surface area contributed by atoms with Crippen molar-refractivity contribution in [2.45, 2.75) is 13.0 Å². The third-order valence-corrected chi connectivity index (χ3v) is 1.73. The van der Waals surface area contributed by atoms with Crippen LogP contribution in [0.5, 0.6) is 0 Å². The molecular weight excluding hydrogens is 169 g/mol. The van der Waals surface area contributed by atoms with Crippen LogP contribution in [0.4, 0.5) is 0 Å². The summed E-state index contributed by atoms with van der Waals surface area (Å²) >= 11 is 0.752. The first kappa shape index (κ1) is 10.9. The highest BCUT2D eigenvalue weighted by molar-refractivity contribution is 7.95. The maximum absolute atomic E-state index is 10.5. The van der Waals surface area contributed by atoms with Crippen molar-refractivity contribution in [1.82, 2.24) is 0 Å². The minimum absolute atomic E-state index is 0.159. The van der Waals surface area contributed by atoms with E-state index in [-0.39, 0.29) is 11.5 Å². The number of carbonyl (C=O) groups is 1. The van der Waals surface area contributed by atoms with E-state index in [0.717, 1.165) is 12.0 Å². The second-order valence-corrected chi connectivity index (χ2v) is 2.69. The fourth-order valence-electron chi connectivity index (χ4n) is 0.291. The Bertz CT molecular complexity index is 133. The maximum atomic E-state index is 10.5. The molecule has 0 spiro atoms. The summed E-state index contributed by atoms with van der Waals surface area (Å²) in [6.07, 6.45) is 0. The number of ketones is 1. The van der Waals surface area contributed by atoms with Gasteiger partial charge in [-0.05, 0) is 19.0 Å². The molecule has 1 atom stereocenters. The summed E-state index contributed by atoms with van der Waals surface area (Å²) in [6, 6.07) is -0.612. The number of hydrogen-bond acceptors (Lipinski definition) is 6. The summed E-state index contributed by atoms with van der Waals surface area (Å²) in [4.78, 5) is 10.5. The molecule has 0 radical (unpaired) electrons. The molecule has 0 bridgehead atoms. The van der Waals surface area contributed by atoms with Crippen LogP contribution < -0.4 is 5.73 Å². The van der Waals surface area contributed by atoms with E-state index in [4.69, 9.17) is 15.8 Å². The molecule has 7 heteroatoms. The lowest BCUT2D eigenvalue weighted by Crippen LogP contribution is -2.31. The standard InChI is InChI=1S/C4H10BNO4S/c1-3(7)4(6)2-11-10-5(8)9/h4,8-9H,2,6H2,1H3/t4-/m0/s1. The van der Waals surface area contributed by atoms with Gasteiger partial charge < -0.3 is 19.9 Å². The Labute approximate surface area is 69.3 Å². The van der Waals surface area contributed by atoms with Crippen molar-refractivity contribution < 1.29 is 18.9 Å². The minimum Gasteiger partial charge on any atom is -0.401 e. The van der Waals surface area contributed by atoms with Crippen molar-refractivity contribution in [2.24, 2.45) is 5.73 Å². The van der Waals surface area contributed by atoms with Gasteiger partial charge in [0.1, 0.15) is 5.78 Å². The Kier molecular flexibility index (Phi) is 5.52. The Balaban J connectivity index is 3.31. The van der Waals surface area contributed by atoms with Gasteiger partial charge in [-0.3, -0.25) is 4.79 Å². The summed E-state index contributed by atoms with van der Waals surface area (Å²) in [7, 11) is -1.82. The number of nitrogens with two attached hydrogens (primary N) is 1. The fourth-order valence-corrected chi connectivity index (χ4v) is 0.872. The number of Topliss-reactive ketones (excluding diaryl/α,β-unsaturated/α-hetero) is 1. The quantitative estimate of drug-likeness (QED) is 0.352. The zero-order chi connectivity index (χ0) is 8.85. The van der Waals surface area contributed by atoms with E-state index in [1.165, 1.54) is 6.92 Å². The van der Waals surface area contributed by atoms with E-state index in [9.17, 15) is 4.79 Å². The van der Waals surface area contributed by atoms with Crippen LogP contribution in [0.15, 0.2) is 0 Å². The van der Waals surface area contributed by atoms with Gasteiger partial charge in [-0.2, -0.15) is 0 Å². The van der Waals surface area contributed by atoms with Crippen molar-refractivity contribution in [2.75, 3.05) is 5.75 Å². The van der Waals surface area contributed by atoms with Gasteiger partial charge in [-0.25, -0.2) is 0 Å². The van der Waals surface area contributed by atoms with Gasteiger partial charge in [0.05, 0.1) is 6.04 Å².